The highest BCUT2D eigenvalue weighted by Crippen LogP contribution is 2.24. The van der Waals surface area contributed by atoms with Gasteiger partial charge in [-0.25, -0.2) is 4.98 Å². The van der Waals surface area contributed by atoms with Crippen molar-refractivity contribution in [1.29, 1.82) is 0 Å². The van der Waals surface area contributed by atoms with Crippen molar-refractivity contribution in [1.82, 2.24) is 9.97 Å². The molecule has 0 unspecified atom stereocenters. The molecule has 0 amide bonds. The molecular weight excluding hydrogens is 206 g/mol. The number of nitrogens with two attached hydrogens (primary N) is 1. The van der Waals surface area contributed by atoms with Crippen LogP contribution in [0.4, 0.5) is 5.95 Å². The molecule has 0 bridgehead atoms. The maximum atomic E-state index is 5.76. The molecule has 0 radical (unpaired) electrons. The molecule has 5 nitrogen and oxygen atoms in total. The summed E-state index contributed by atoms with van der Waals surface area (Å²) >= 11 is 0. The summed E-state index contributed by atoms with van der Waals surface area (Å²) in [6.45, 7) is 0. The highest BCUT2D eigenvalue weighted by atomic mass is 16.5. The van der Waals surface area contributed by atoms with Crippen molar-refractivity contribution in [2.75, 3.05) is 12.8 Å². The van der Waals surface area contributed by atoms with Crippen LogP contribution in [0.5, 0.6) is 5.88 Å². The molecule has 5 heteroatoms. The minimum absolute atomic E-state index is 0.174. The van der Waals surface area contributed by atoms with Gasteiger partial charge in [-0.05, 0) is 19.3 Å². The maximum absolute atomic E-state index is 5.76. The Balaban J connectivity index is 1.94. The first-order valence-electron chi connectivity index (χ1n) is 5.56. The van der Waals surface area contributed by atoms with E-state index in [0.29, 0.717) is 12.0 Å². The Morgan fingerprint density at radius 2 is 2.19 bits per heavy atom. The van der Waals surface area contributed by atoms with Crippen molar-refractivity contribution in [3.63, 3.8) is 0 Å². The number of methoxy groups -OCH3 is 1. The Kier molecular flexibility index (Phi) is 3.56. The number of nitrogens with zero attached hydrogens (tertiary/aromatic N) is 2. The Bertz CT molecular complexity index is 346. The minimum atomic E-state index is 0.174. The van der Waals surface area contributed by atoms with Gasteiger partial charge in [0, 0.05) is 25.8 Å². The molecule has 0 aromatic carbocycles. The van der Waals surface area contributed by atoms with E-state index in [9.17, 15) is 0 Å². The molecule has 1 fully saturated rings. The smallest absolute Gasteiger partial charge is 0.223 e. The first kappa shape index (κ1) is 11.1. The lowest BCUT2D eigenvalue weighted by Gasteiger charge is -2.28. The van der Waals surface area contributed by atoms with Crippen LogP contribution in [-0.4, -0.2) is 29.3 Å². The van der Waals surface area contributed by atoms with Crippen LogP contribution in [0.2, 0.25) is 0 Å². The van der Waals surface area contributed by atoms with Crippen molar-refractivity contribution in [2.45, 2.75) is 37.9 Å². The summed E-state index contributed by atoms with van der Waals surface area (Å²) in [5, 5.41) is 0. The molecule has 1 saturated carbocycles. The third-order valence-electron chi connectivity index (χ3n) is 2.85. The highest BCUT2D eigenvalue weighted by molar-refractivity contribution is 5.20. The fourth-order valence-electron chi connectivity index (χ4n) is 2.02. The third-order valence-corrected chi connectivity index (χ3v) is 2.85. The summed E-state index contributed by atoms with van der Waals surface area (Å²) in [6.07, 6.45) is 6.29. The lowest BCUT2D eigenvalue weighted by molar-refractivity contribution is 0.0195. The summed E-state index contributed by atoms with van der Waals surface area (Å²) in [6, 6.07) is 1.73. The fraction of sp³-hybridized carbons (Fsp3) is 0.636. The van der Waals surface area contributed by atoms with E-state index in [-0.39, 0.29) is 12.1 Å². The zero-order valence-electron chi connectivity index (χ0n) is 9.43. The van der Waals surface area contributed by atoms with Gasteiger partial charge in [-0.2, -0.15) is 4.98 Å². The number of rotatable bonds is 3. The predicted octanol–water partition coefficient (Wildman–Crippen LogP) is 1.40. The molecule has 2 rings (SSSR count). The largest absolute Gasteiger partial charge is 0.474 e. The number of hydrogen-bond acceptors (Lipinski definition) is 5. The first-order chi connectivity index (χ1) is 7.78. The van der Waals surface area contributed by atoms with Crippen LogP contribution < -0.4 is 10.5 Å². The standard InChI is InChI=1S/C11H17N3O2/c1-15-8-3-2-4-9(7-8)16-10-5-6-13-11(12)14-10/h5-6,8-9H,2-4,7H2,1H3,(H2,12,13,14)/t8-,9-/m0/s1. The Morgan fingerprint density at radius 1 is 1.38 bits per heavy atom. The van der Waals surface area contributed by atoms with Gasteiger partial charge >= 0.3 is 0 Å². The van der Waals surface area contributed by atoms with Crippen LogP contribution in [0, 0.1) is 0 Å². The van der Waals surface area contributed by atoms with Crippen molar-refractivity contribution in [2.24, 2.45) is 0 Å². The minimum Gasteiger partial charge on any atom is -0.474 e. The Morgan fingerprint density at radius 3 is 2.94 bits per heavy atom. The van der Waals surface area contributed by atoms with Gasteiger partial charge in [-0.1, -0.05) is 0 Å². The van der Waals surface area contributed by atoms with Gasteiger partial charge in [-0.3, -0.25) is 0 Å². The number of aromatic nitrogens is 2. The van der Waals surface area contributed by atoms with Crippen molar-refractivity contribution in [3.05, 3.63) is 12.3 Å². The lowest BCUT2D eigenvalue weighted by Crippen LogP contribution is -2.29. The average Bonchev–Trinajstić information content (AvgIpc) is 2.29. The van der Waals surface area contributed by atoms with Crippen LogP contribution in [0.1, 0.15) is 25.7 Å². The fourth-order valence-corrected chi connectivity index (χ4v) is 2.02. The van der Waals surface area contributed by atoms with Crippen LogP contribution in [0.25, 0.3) is 0 Å². The molecule has 16 heavy (non-hydrogen) atoms. The quantitative estimate of drug-likeness (QED) is 0.838. The summed E-state index contributed by atoms with van der Waals surface area (Å²) in [4.78, 5) is 7.85. The first-order valence-corrected chi connectivity index (χ1v) is 5.56. The van der Waals surface area contributed by atoms with E-state index in [0.717, 1.165) is 25.7 Å². The van der Waals surface area contributed by atoms with Gasteiger partial charge < -0.3 is 15.2 Å². The third kappa shape index (κ3) is 2.82. The Hall–Kier alpha value is -1.36. The Labute approximate surface area is 95.0 Å². The predicted molar refractivity (Wildman–Crippen MR) is 60.1 cm³/mol. The van der Waals surface area contributed by atoms with Crippen molar-refractivity contribution < 1.29 is 9.47 Å². The molecule has 1 aliphatic carbocycles. The number of nitrogen functional groups attached to an aromatic ring is 1. The molecule has 2 N–H and O–H groups in total. The van der Waals surface area contributed by atoms with Crippen LogP contribution >= 0.6 is 0 Å². The summed E-state index contributed by atoms with van der Waals surface area (Å²) < 4.78 is 11.1. The van der Waals surface area contributed by atoms with Gasteiger partial charge in [0.05, 0.1) is 6.10 Å². The van der Waals surface area contributed by atoms with Crippen LogP contribution in [0.3, 0.4) is 0 Å². The maximum Gasteiger partial charge on any atom is 0.223 e. The van der Waals surface area contributed by atoms with E-state index in [1.54, 1.807) is 19.4 Å². The number of hydrogen-bond donors (Lipinski definition) is 1. The van der Waals surface area contributed by atoms with Crippen LogP contribution in [0.15, 0.2) is 12.3 Å². The topological polar surface area (TPSA) is 70.3 Å². The molecule has 0 aliphatic heterocycles. The molecule has 1 heterocycles. The number of ether oxygens (including phenoxy) is 2. The highest BCUT2D eigenvalue weighted by Gasteiger charge is 2.23. The average molecular weight is 223 g/mol. The molecule has 0 saturated heterocycles. The second-order valence-electron chi connectivity index (χ2n) is 4.02. The zero-order chi connectivity index (χ0) is 11.4. The molecule has 1 aromatic heterocycles. The van der Waals surface area contributed by atoms with E-state index < -0.39 is 0 Å². The molecule has 0 spiro atoms. The van der Waals surface area contributed by atoms with E-state index in [1.807, 2.05) is 0 Å². The molecule has 1 aliphatic rings. The van der Waals surface area contributed by atoms with E-state index >= 15 is 0 Å². The second kappa shape index (κ2) is 5.12. The normalized spacial score (nSPS) is 25.3. The van der Waals surface area contributed by atoms with E-state index in [2.05, 4.69) is 9.97 Å². The van der Waals surface area contributed by atoms with Crippen LogP contribution in [-0.2, 0) is 4.74 Å². The van der Waals surface area contributed by atoms with Gasteiger partial charge in [0.25, 0.3) is 0 Å². The second-order valence-corrected chi connectivity index (χ2v) is 4.02. The summed E-state index contributed by atoms with van der Waals surface area (Å²) in [5.74, 6) is 0.797. The molecular formula is C11H17N3O2. The monoisotopic (exact) mass is 223 g/mol. The summed E-state index contributed by atoms with van der Waals surface area (Å²) in [7, 11) is 1.75. The molecule has 88 valence electrons. The lowest BCUT2D eigenvalue weighted by atomic mass is 9.95. The van der Waals surface area contributed by atoms with Crippen molar-refractivity contribution in [3.8, 4) is 5.88 Å². The molecule has 1 aromatic rings. The van der Waals surface area contributed by atoms with E-state index in [1.165, 1.54) is 0 Å². The van der Waals surface area contributed by atoms with Gasteiger partial charge in [0.15, 0.2) is 0 Å². The van der Waals surface area contributed by atoms with Gasteiger partial charge in [0.1, 0.15) is 6.10 Å². The van der Waals surface area contributed by atoms with E-state index in [4.69, 9.17) is 15.2 Å². The number of anilines is 1. The van der Waals surface area contributed by atoms with Crippen molar-refractivity contribution >= 4 is 5.95 Å². The molecule has 2 atom stereocenters. The SMILES string of the molecule is CO[C@H]1CCC[C@H](Oc2ccnc(N)n2)C1. The summed E-state index contributed by atoms with van der Waals surface area (Å²) in [5.41, 5.74) is 5.49. The zero-order valence-corrected chi connectivity index (χ0v) is 9.43. The van der Waals surface area contributed by atoms with Gasteiger partial charge in [-0.15, -0.1) is 0 Å². The van der Waals surface area contributed by atoms with Gasteiger partial charge in [0.2, 0.25) is 11.8 Å².